The summed E-state index contributed by atoms with van der Waals surface area (Å²) in [6.45, 7) is 0. The summed E-state index contributed by atoms with van der Waals surface area (Å²) in [6.07, 6.45) is 3.37. The standard InChI is InChI=1S/C11H8BrN3O/c12-8-3-1-2-6-7(4-14-10(6)8)11-9(13)5-15-16-11/h1-5,14H,13H2. The number of halogens is 1. The Hall–Kier alpha value is -1.75. The molecule has 80 valence electrons. The minimum atomic E-state index is 0.542. The van der Waals surface area contributed by atoms with Crippen LogP contribution in [-0.2, 0) is 0 Å². The zero-order valence-corrected chi connectivity index (χ0v) is 9.78. The molecule has 3 rings (SSSR count). The number of nitrogen functional groups attached to an aromatic ring is 1. The molecule has 0 fully saturated rings. The molecule has 0 aliphatic carbocycles. The lowest BCUT2D eigenvalue weighted by Gasteiger charge is -1.96. The molecule has 0 bridgehead atoms. The number of aromatic amines is 1. The third-order valence-corrected chi connectivity index (χ3v) is 3.17. The quantitative estimate of drug-likeness (QED) is 0.718. The van der Waals surface area contributed by atoms with Crippen molar-refractivity contribution in [3.8, 4) is 11.3 Å². The predicted molar refractivity (Wildman–Crippen MR) is 65.9 cm³/mol. The van der Waals surface area contributed by atoms with Crippen molar-refractivity contribution in [2.75, 3.05) is 5.73 Å². The fourth-order valence-electron chi connectivity index (χ4n) is 1.76. The highest BCUT2D eigenvalue weighted by atomic mass is 79.9. The molecule has 0 aliphatic heterocycles. The predicted octanol–water partition coefficient (Wildman–Crippen LogP) is 3.17. The van der Waals surface area contributed by atoms with E-state index in [1.165, 1.54) is 6.20 Å². The van der Waals surface area contributed by atoms with E-state index in [1.54, 1.807) is 0 Å². The van der Waals surface area contributed by atoms with E-state index >= 15 is 0 Å². The van der Waals surface area contributed by atoms with Gasteiger partial charge in [0.2, 0.25) is 0 Å². The molecule has 0 radical (unpaired) electrons. The number of para-hydroxylation sites is 1. The zero-order valence-electron chi connectivity index (χ0n) is 8.20. The maximum atomic E-state index is 5.78. The van der Waals surface area contributed by atoms with Gasteiger partial charge in [-0.1, -0.05) is 17.3 Å². The molecule has 0 unspecified atom stereocenters. The van der Waals surface area contributed by atoms with Gasteiger partial charge in [-0.25, -0.2) is 0 Å². The highest BCUT2D eigenvalue weighted by molar-refractivity contribution is 9.10. The minimum absolute atomic E-state index is 0.542. The molecule has 5 heteroatoms. The molecule has 3 N–H and O–H groups in total. The number of nitrogens with one attached hydrogen (secondary N) is 1. The van der Waals surface area contributed by atoms with Gasteiger partial charge in [0.05, 0.1) is 11.7 Å². The van der Waals surface area contributed by atoms with Gasteiger partial charge in [-0.3, -0.25) is 0 Å². The number of nitrogens with zero attached hydrogens (tertiary/aromatic N) is 1. The highest BCUT2D eigenvalue weighted by Gasteiger charge is 2.13. The van der Waals surface area contributed by atoms with Gasteiger partial charge in [0.15, 0.2) is 5.76 Å². The van der Waals surface area contributed by atoms with E-state index < -0.39 is 0 Å². The van der Waals surface area contributed by atoms with Crippen LogP contribution in [0.1, 0.15) is 0 Å². The Morgan fingerprint density at radius 1 is 1.38 bits per heavy atom. The Kier molecular flexibility index (Phi) is 2.00. The molecule has 1 aromatic carbocycles. The van der Waals surface area contributed by atoms with Crippen LogP contribution in [-0.4, -0.2) is 10.1 Å². The average Bonchev–Trinajstić information content (AvgIpc) is 2.84. The van der Waals surface area contributed by atoms with E-state index in [1.807, 2.05) is 24.4 Å². The summed E-state index contributed by atoms with van der Waals surface area (Å²) in [6, 6.07) is 5.95. The van der Waals surface area contributed by atoms with Crippen LogP contribution in [0.2, 0.25) is 0 Å². The second-order valence-electron chi connectivity index (χ2n) is 3.48. The number of benzene rings is 1. The summed E-state index contributed by atoms with van der Waals surface area (Å²) in [5.74, 6) is 0.601. The molecule has 0 aliphatic rings. The number of fused-ring (bicyclic) bond motifs is 1. The van der Waals surface area contributed by atoms with Gasteiger partial charge in [0.1, 0.15) is 5.69 Å². The van der Waals surface area contributed by atoms with Gasteiger partial charge >= 0.3 is 0 Å². The van der Waals surface area contributed by atoms with E-state index in [2.05, 4.69) is 26.1 Å². The first-order chi connectivity index (χ1) is 7.77. The van der Waals surface area contributed by atoms with Gasteiger partial charge in [0, 0.05) is 21.6 Å². The zero-order chi connectivity index (χ0) is 11.1. The summed E-state index contributed by atoms with van der Waals surface area (Å²) in [5, 5.41) is 4.73. The Balaban J connectivity index is 2.34. The molecule has 16 heavy (non-hydrogen) atoms. The molecule has 4 nitrogen and oxygen atoms in total. The number of anilines is 1. The molecule has 3 aromatic rings. The molecule has 0 saturated carbocycles. The van der Waals surface area contributed by atoms with Crippen molar-refractivity contribution in [3.63, 3.8) is 0 Å². The smallest absolute Gasteiger partial charge is 0.191 e. The normalized spacial score (nSPS) is 11.1. The van der Waals surface area contributed by atoms with Gasteiger partial charge in [-0.05, 0) is 22.0 Å². The lowest BCUT2D eigenvalue weighted by atomic mass is 10.1. The largest absolute Gasteiger partial charge is 0.394 e. The van der Waals surface area contributed by atoms with Crippen LogP contribution in [0.3, 0.4) is 0 Å². The van der Waals surface area contributed by atoms with Crippen LogP contribution in [0.25, 0.3) is 22.2 Å². The van der Waals surface area contributed by atoms with Crippen molar-refractivity contribution in [3.05, 3.63) is 35.1 Å². The van der Waals surface area contributed by atoms with Crippen molar-refractivity contribution in [1.29, 1.82) is 0 Å². The monoisotopic (exact) mass is 277 g/mol. The summed E-state index contributed by atoms with van der Waals surface area (Å²) < 4.78 is 6.15. The van der Waals surface area contributed by atoms with Gasteiger partial charge in [-0.15, -0.1) is 0 Å². The molecule has 2 aromatic heterocycles. The van der Waals surface area contributed by atoms with E-state index in [0.717, 1.165) is 20.9 Å². The number of H-pyrrole nitrogens is 1. The van der Waals surface area contributed by atoms with Crippen LogP contribution in [0.4, 0.5) is 5.69 Å². The minimum Gasteiger partial charge on any atom is -0.394 e. The van der Waals surface area contributed by atoms with Gasteiger partial charge in [-0.2, -0.15) is 0 Å². The molecule has 0 spiro atoms. The molecular weight excluding hydrogens is 270 g/mol. The van der Waals surface area contributed by atoms with Crippen LogP contribution in [0.5, 0.6) is 0 Å². The highest BCUT2D eigenvalue weighted by Crippen LogP contribution is 2.34. The first-order valence-corrected chi connectivity index (χ1v) is 5.53. The van der Waals surface area contributed by atoms with Crippen LogP contribution >= 0.6 is 15.9 Å². The molecule has 2 heterocycles. The molecular formula is C11H8BrN3O. The Morgan fingerprint density at radius 2 is 2.25 bits per heavy atom. The van der Waals surface area contributed by atoms with Gasteiger partial charge < -0.3 is 15.2 Å². The number of hydrogen-bond donors (Lipinski definition) is 2. The summed E-state index contributed by atoms with van der Waals surface area (Å²) in [7, 11) is 0. The number of hydrogen-bond acceptors (Lipinski definition) is 3. The summed E-state index contributed by atoms with van der Waals surface area (Å²) >= 11 is 3.48. The van der Waals surface area contributed by atoms with E-state index in [9.17, 15) is 0 Å². The maximum Gasteiger partial charge on any atom is 0.191 e. The summed E-state index contributed by atoms with van der Waals surface area (Å²) in [4.78, 5) is 3.18. The molecule has 0 atom stereocenters. The Labute approximate surface area is 99.6 Å². The van der Waals surface area contributed by atoms with Crippen molar-refractivity contribution < 1.29 is 4.52 Å². The maximum absolute atomic E-state index is 5.78. The van der Waals surface area contributed by atoms with Crippen LogP contribution < -0.4 is 5.73 Å². The van der Waals surface area contributed by atoms with Crippen LogP contribution in [0.15, 0.2) is 39.6 Å². The third-order valence-electron chi connectivity index (χ3n) is 2.51. The summed E-state index contributed by atoms with van der Waals surface area (Å²) in [5.41, 5.74) is 8.27. The average molecular weight is 278 g/mol. The fraction of sp³-hybridized carbons (Fsp3) is 0. The Morgan fingerprint density at radius 3 is 3.00 bits per heavy atom. The second kappa shape index (κ2) is 3.38. The van der Waals surface area contributed by atoms with E-state index in [4.69, 9.17) is 10.3 Å². The lowest BCUT2D eigenvalue weighted by Crippen LogP contribution is -1.83. The second-order valence-corrected chi connectivity index (χ2v) is 4.33. The van der Waals surface area contributed by atoms with E-state index in [-0.39, 0.29) is 0 Å². The SMILES string of the molecule is Nc1cnoc1-c1c[nH]c2c(Br)cccc12. The van der Waals surface area contributed by atoms with Gasteiger partial charge in [0.25, 0.3) is 0 Å². The van der Waals surface area contributed by atoms with Crippen molar-refractivity contribution >= 4 is 32.5 Å². The molecule has 0 amide bonds. The lowest BCUT2D eigenvalue weighted by molar-refractivity contribution is 0.433. The molecule has 0 saturated heterocycles. The number of aromatic nitrogens is 2. The van der Waals surface area contributed by atoms with Crippen molar-refractivity contribution in [2.24, 2.45) is 0 Å². The third kappa shape index (κ3) is 1.25. The number of nitrogens with two attached hydrogens (primary N) is 1. The van der Waals surface area contributed by atoms with Crippen molar-refractivity contribution in [1.82, 2.24) is 10.1 Å². The first-order valence-electron chi connectivity index (χ1n) is 4.73. The van der Waals surface area contributed by atoms with E-state index in [0.29, 0.717) is 11.4 Å². The van der Waals surface area contributed by atoms with Crippen LogP contribution in [0, 0.1) is 0 Å². The first kappa shape index (κ1) is 9.47. The van der Waals surface area contributed by atoms with Crippen molar-refractivity contribution in [2.45, 2.75) is 0 Å². The number of rotatable bonds is 1. The fourth-order valence-corrected chi connectivity index (χ4v) is 2.24. The Bertz CT molecular complexity index is 656. The topological polar surface area (TPSA) is 67.8 Å².